The first-order valence-corrected chi connectivity index (χ1v) is 7.04. The highest BCUT2D eigenvalue weighted by Gasteiger charge is 2.36. The number of nitrogens with zero attached hydrogens (tertiary/aromatic N) is 1. The van der Waals surface area contributed by atoms with Gasteiger partial charge in [0.15, 0.2) is 5.71 Å². The van der Waals surface area contributed by atoms with E-state index in [4.69, 9.17) is 4.74 Å². The maximum Gasteiger partial charge on any atom is 0.355 e. The second kappa shape index (κ2) is 4.88. The number of nitrogens with one attached hydrogen (secondary N) is 1. The minimum absolute atomic E-state index is 0.0302. The summed E-state index contributed by atoms with van der Waals surface area (Å²) in [5.41, 5.74) is 4.07. The fourth-order valence-corrected chi connectivity index (χ4v) is 2.30. The molecule has 0 bridgehead atoms. The van der Waals surface area contributed by atoms with E-state index in [-0.39, 0.29) is 17.9 Å². The number of esters is 1. The zero-order valence-electron chi connectivity index (χ0n) is 10.7. The van der Waals surface area contributed by atoms with Crippen molar-refractivity contribution in [1.29, 1.82) is 0 Å². The first-order chi connectivity index (χ1) is 8.40. The van der Waals surface area contributed by atoms with E-state index in [0.29, 0.717) is 5.71 Å². The molecule has 98 valence electrons. The normalized spacial score (nSPS) is 26.0. The van der Waals surface area contributed by atoms with Gasteiger partial charge in [0.05, 0.1) is 12.0 Å². The summed E-state index contributed by atoms with van der Waals surface area (Å²) < 4.78 is 5.36. The van der Waals surface area contributed by atoms with Crippen LogP contribution in [0.25, 0.3) is 0 Å². The van der Waals surface area contributed by atoms with Gasteiger partial charge in [-0.2, -0.15) is 5.10 Å². The van der Waals surface area contributed by atoms with Gasteiger partial charge in [0.2, 0.25) is 0 Å². The van der Waals surface area contributed by atoms with Crippen LogP contribution in [-0.2, 0) is 9.53 Å². The Labute approximate surface area is 115 Å². The lowest BCUT2D eigenvalue weighted by Gasteiger charge is -2.22. The number of fused-ring (bicyclic) bond motifs is 1. The molecule has 1 aliphatic carbocycles. The highest BCUT2D eigenvalue weighted by atomic mass is 79.9. The van der Waals surface area contributed by atoms with Gasteiger partial charge in [0.25, 0.3) is 0 Å². The van der Waals surface area contributed by atoms with Crippen LogP contribution in [0.2, 0.25) is 0 Å². The molecule has 1 N–H and O–H groups in total. The molecule has 1 heterocycles. The summed E-state index contributed by atoms with van der Waals surface area (Å²) in [6, 6.07) is 0.0651. The van der Waals surface area contributed by atoms with Crippen molar-refractivity contribution in [2.45, 2.75) is 32.4 Å². The number of alkyl halides is 1. The van der Waals surface area contributed by atoms with Gasteiger partial charge in [-0.3, -0.25) is 0 Å². The molecule has 18 heavy (non-hydrogen) atoms. The molecule has 0 aromatic heterocycles. The molecule has 0 radical (unpaired) electrons. The summed E-state index contributed by atoms with van der Waals surface area (Å²) >= 11 is 3.42. The van der Waals surface area contributed by atoms with Crippen LogP contribution in [0.4, 0.5) is 0 Å². The number of hydrogen-bond acceptors (Lipinski definition) is 4. The van der Waals surface area contributed by atoms with Crippen molar-refractivity contribution in [1.82, 2.24) is 5.43 Å². The van der Waals surface area contributed by atoms with Gasteiger partial charge in [-0.05, 0) is 26.3 Å². The second-order valence-corrected chi connectivity index (χ2v) is 5.97. The summed E-state index contributed by atoms with van der Waals surface area (Å²) in [7, 11) is 0. The Morgan fingerprint density at radius 3 is 2.89 bits per heavy atom. The molecule has 4 nitrogen and oxygen atoms in total. The quantitative estimate of drug-likeness (QED) is 0.628. The van der Waals surface area contributed by atoms with Gasteiger partial charge in [0, 0.05) is 5.33 Å². The summed E-state index contributed by atoms with van der Waals surface area (Å²) in [6.45, 7) is 5.56. The van der Waals surface area contributed by atoms with E-state index in [1.165, 1.54) is 0 Å². The number of rotatable bonds is 2. The Hall–Kier alpha value is -1.10. The third-order valence-electron chi connectivity index (χ3n) is 2.71. The Morgan fingerprint density at radius 2 is 2.28 bits per heavy atom. The van der Waals surface area contributed by atoms with E-state index >= 15 is 0 Å². The second-order valence-electron chi connectivity index (χ2n) is 5.41. The van der Waals surface area contributed by atoms with Gasteiger partial charge < -0.3 is 10.2 Å². The number of hydrogen-bond donors (Lipinski definition) is 1. The summed E-state index contributed by atoms with van der Waals surface area (Å²) in [6.07, 6.45) is 6.13. The average Bonchev–Trinajstić information content (AvgIpc) is 2.69. The van der Waals surface area contributed by atoms with Gasteiger partial charge in [-0.1, -0.05) is 34.2 Å². The number of hydrazone groups is 1. The van der Waals surface area contributed by atoms with Crippen molar-refractivity contribution in [2.24, 2.45) is 11.0 Å². The average molecular weight is 313 g/mol. The van der Waals surface area contributed by atoms with E-state index in [2.05, 4.69) is 32.5 Å². The third kappa shape index (κ3) is 2.83. The highest BCUT2D eigenvalue weighted by Crippen LogP contribution is 2.25. The smallest absolute Gasteiger partial charge is 0.355 e. The number of allylic oxidation sites excluding steroid dienone is 2. The molecule has 0 fully saturated rings. The fraction of sp³-hybridized carbons (Fsp3) is 0.538. The van der Waals surface area contributed by atoms with Crippen LogP contribution < -0.4 is 5.43 Å². The lowest BCUT2D eigenvalue weighted by molar-refractivity contribution is -0.146. The number of ether oxygens (including phenoxy) is 1. The predicted molar refractivity (Wildman–Crippen MR) is 74.7 cm³/mol. The van der Waals surface area contributed by atoms with Crippen LogP contribution in [0, 0.1) is 5.92 Å². The van der Waals surface area contributed by atoms with E-state index in [1.807, 2.05) is 32.9 Å². The molecular formula is C13H17BrN2O2. The molecule has 0 saturated carbocycles. The first-order valence-electron chi connectivity index (χ1n) is 5.92. The van der Waals surface area contributed by atoms with Gasteiger partial charge in [-0.15, -0.1) is 0 Å². The number of carbonyl (C=O) groups is 1. The Kier molecular flexibility index (Phi) is 3.61. The number of carbonyl (C=O) groups excluding carboxylic acids is 1. The molecule has 0 aromatic rings. The van der Waals surface area contributed by atoms with Crippen molar-refractivity contribution in [3.63, 3.8) is 0 Å². The first kappa shape index (κ1) is 13.3. The van der Waals surface area contributed by atoms with Crippen LogP contribution >= 0.6 is 15.9 Å². The van der Waals surface area contributed by atoms with E-state index in [9.17, 15) is 4.79 Å². The molecule has 2 aliphatic rings. The molecule has 0 amide bonds. The Balaban J connectivity index is 2.14. The molecule has 0 saturated heterocycles. The molecule has 5 heteroatoms. The zero-order chi connectivity index (χ0) is 13.3. The topological polar surface area (TPSA) is 50.7 Å². The minimum atomic E-state index is -0.496. The molecule has 2 rings (SSSR count). The minimum Gasteiger partial charge on any atom is -0.455 e. The fourth-order valence-electron chi connectivity index (χ4n) is 1.93. The van der Waals surface area contributed by atoms with Crippen molar-refractivity contribution in [2.75, 3.05) is 5.33 Å². The highest BCUT2D eigenvalue weighted by molar-refractivity contribution is 9.09. The maximum absolute atomic E-state index is 12.1. The van der Waals surface area contributed by atoms with Gasteiger partial charge >= 0.3 is 5.97 Å². The molecule has 1 aliphatic heterocycles. The standard InChI is InChI=1S/C13H17BrN2O2/c1-13(2,3)18-12(17)11-9-6-8(7-14)4-5-10(9)15-16-11/h4-6,9-10,15H,7H2,1-3H3. The van der Waals surface area contributed by atoms with Crippen molar-refractivity contribution >= 4 is 27.6 Å². The molecule has 0 spiro atoms. The Morgan fingerprint density at radius 1 is 1.56 bits per heavy atom. The third-order valence-corrected chi connectivity index (χ3v) is 3.36. The number of halogens is 1. The lowest BCUT2D eigenvalue weighted by atomic mass is 9.89. The molecule has 2 atom stereocenters. The van der Waals surface area contributed by atoms with Crippen LogP contribution in [0.3, 0.4) is 0 Å². The molecular weight excluding hydrogens is 296 g/mol. The lowest BCUT2D eigenvalue weighted by Crippen LogP contribution is -2.35. The molecule has 2 unspecified atom stereocenters. The van der Waals surface area contributed by atoms with Crippen LogP contribution in [0.15, 0.2) is 28.9 Å². The van der Waals surface area contributed by atoms with Crippen LogP contribution in [0.5, 0.6) is 0 Å². The van der Waals surface area contributed by atoms with E-state index in [1.54, 1.807) is 0 Å². The summed E-state index contributed by atoms with van der Waals surface area (Å²) in [5.74, 6) is -0.375. The summed E-state index contributed by atoms with van der Waals surface area (Å²) in [5, 5.41) is 4.89. The van der Waals surface area contributed by atoms with Crippen molar-refractivity contribution < 1.29 is 9.53 Å². The van der Waals surface area contributed by atoms with Crippen LogP contribution in [-0.4, -0.2) is 28.7 Å². The van der Waals surface area contributed by atoms with E-state index in [0.717, 1.165) is 10.9 Å². The SMILES string of the molecule is CC(C)(C)OC(=O)C1=NNC2C=CC(CBr)=CC12. The largest absolute Gasteiger partial charge is 0.455 e. The summed E-state index contributed by atoms with van der Waals surface area (Å²) in [4.78, 5) is 12.1. The predicted octanol–water partition coefficient (Wildman–Crippen LogP) is 2.16. The zero-order valence-corrected chi connectivity index (χ0v) is 12.3. The van der Waals surface area contributed by atoms with Crippen molar-refractivity contribution in [3.05, 3.63) is 23.8 Å². The molecule has 0 aromatic carbocycles. The maximum atomic E-state index is 12.1. The van der Waals surface area contributed by atoms with E-state index < -0.39 is 5.60 Å². The monoisotopic (exact) mass is 312 g/mol. The van der Waals surface area contributed by atoms with Gasteiger partial charge in [0.1, 0.15) is 5.60 Å². The van der Waals surface area contributed by atoms with Crippen molar-refractivity contribution in [3.8, 4) is 0 Å². The Bertz CT molecular complexity index is 446. The van der Waals surface area contributed by atoms with Gasteiger partial charge in [-0.25, -0.2) is 4.79 Å². The van der Waals surface area contributed by atoms with Crippen LogP contribution in [0.1, 0.15) is 20.8 Å².